The van der Waals surface area contributed by atoms with E-state index in [4.69, 9.17) is 9.47 Å². The topological polar surface area (TPSA) is 55.8 Å². The summed E-state index contributed by atoms with van der Waals surface area (Å²) in [5.41, 5.74) is -0.727. The molecule has 106 valence electrons. The van der Waals surface area contributed by atoms with E-state index in [-0.39, 0.29) is 6.10 Å². The Kier molecular flexibility index (Phi) is 5.36. The average Bonchev–Trinajstić information content (AvgIpc) is 2.35. The molecule has 0 saturated carbocycles. The Morgan fingerprint density at radius 2 is 1.89 bits per heavy atom. The number of rotatable bonds is 7. The van der Waals surface area contributed by atoms with Gasteiger partial charge < -0.3 is 14.6 Å². The van der Waals surface area contributed by atoms with Gasteiger partial charge in [-0.25, -0.2) is 4.79 Å². The number of ether oxygens (including phenoxy) is 2. The van der Waals surface area contributed by atoms with Crippen molar-refractivity contribution in [2.75, 3.05) is 6.61 Å². The summed E-state index contributed by atoms with van der Waals surface area (Å²) in [6.07, 6.45) is 0.766. The fourth-order valence-electron chi connectivity index (χ4n) is 1.80. The van der Waals surface area contributed by atoms with E-state index in [1.54, 1.807) is 31.2 Å². The van der Waals surface area contributed by atoms with E-state index < -0.39 is 11.6 Å². The van der Waals surface area contributed by atoms with Crippen LogP contribution in [-0.2, 0) is 15.1 Å². The molecule has 1 N–H and O–H groups in total. The van der Waals surface area contributed by atoms with Crippen LogP contribution < -0.4 is 4.74 Å². The number of aliphatic carboxylic acids is 1. The molecule has 0 bridgehead atoms. The van der Waals surface area contributed by atoms with Gasteiger partial charge in [0.1, 0.15) is 5.75 Å². The van der Waals surface area contributed by atoms with Crippen LogP contribution in [-0.4, -0.2) is 23.8 Å². The zero-order valence-corrected chi connectivity index (χ0v) is 12.0. The molecule has 0 heterocycles. The molecule has 4 heteroatoms. The summed E-state index contributed by atoms with van der Waals surface area (Å²) in [5.74, 6) is -0.258. The Hall–Kier alpha value is -1.55. The molecule has 4 nitrogen and oxygen atoms in total. The second-order valence-electron chi connectivity index (χ2n) is 4.88. The summed E-state index contributed by atoms with van der Waals surface area (Å²) in [6, 6.07) is 7.02. The molecule has 1 rings (SSSR count). The highest BCUT2D eigenvalue weighted by Crippen LogP contribution is 2.29. The lowest BCUT2D eigenvalue weighted by atomic mass is 9.95. The van der Waals surface area contributed by atoms with Gasteiger partial charge in [0.2, 0.25) is 0 Å². The van der Waals surface area contributed by atoms with E-state index in [0.29, 0.717) is 12.2 Å². The molecule has 1 atom stereocenters. The number of carboxylic acids is 1. The first-order valence-corrected chi connectivity index (χ1v) is 6.54. The van der Waals surface area contributed by atoms with Crippen molar-refractivity contribution in [3.8, 4) is 5.75 Å². The summed E-state index contributed by atoms with van der Waals surface area (Å²) in [7, 11) is 0. The fraction of sp³-hybridized carbons (Fsp3) is 0.533. The van der Waals surface area contributed by atoms with Crippen molar-refractivity contribution >= 4 is 5.97 Å². The van der Waals surface area contributed by atoms with Gasteiger partial charge >= 0.3 is 5.97 Å². The van der Waals surface area contributed by atoms with Gasteiger partial charge in [-0.05, 0) is 44.9 Å². The predicted molar refractivity (Wildman–Crippen MR) is 73.4 cm³/mol. The third-order valence-corrected chi connectivity index (χ3v) is 2.76. The van der Waals surface area contributed by atoms with Gasteiger partial charge in [-0.15, -0.1) is 0 Å². The molecule has 0 amide bonds. The molecule has 0 spiro atoms. The van der Waals surface area contributed by atoms with Gasteiger partial charge in [0.15, 0.2) is 5.60 Å². The summed E-state index contributed by atoms with van der Waals surface area (Å²) in [6.45, 7) is 7.89. The van der Waals surface area contributed by atoms with Crippen LogP contribution >= 0.6 is 0 Å². The van der Waals surface area contributed by atoms with Gasteiger partial charge in [-0.2, -0.15) is 0 Å². The van der Waals surface area contributed by atoms with Gasteiger partial charge in [0.05, 0.1) is 12.7 Å². The van der Waals surface area contributed by atoms with Crippen LogP contribution in [0, 0.1) is 0 Å². The Morgan fingerprint density at radius 1 is 1.32 bits per heavy atom. The van der Waals surface area contributed by atoms with Gasteiger partial charge in [0.25, 0.3) is 0 Å². The highest BCUT2D eigenvalue weighted by molar-refractivity contribution is 5.79. The quantitative estimate of drug-likeness (QED) is 0.823. The number of hydrogen-bond donors (Lipinski definition) is 1. The third kappa shape index (κ3) is 3.96. The molecule has 0 aliphatic carbocycles. The van der Waals surface area contributed by atoms with E-state index in [0.717, 1.165) is 12.2 Å². The van der Waals surface area contributed by atoms with Crippen molar-refractivity contribution in [3.05, 3.63) is 29.8 Å². The molecule has 0 radical (unpaired) electrons. The minimum absolute atomic E-state index is 0.169. The van der Waals surface area contributed by atoms with E-state index >= 15 is 0 Å². The van der Waals surface area contributed by atoms with Gasteiger partial charge in [-0.1, -0.05) is 19.1 Å². The number of carbonyl (C=O) groups is 1. The predicted octanol–water partition coefficient (Wildman–Crippen LogP) is 3.20. The van der Waals surface area contributed by atoms with Crippen molar-refractivity contribution in [3.63, 3.8) is 0 Å². The number of hydrogen-bond acceptors (Lipinski definition) is 3. The summed E-state index contributed by atoms with van der Waals surface area (Å²) in [5, 5.41) is 9.39. The van der Waals surface area contributed by atoms with Crippen LogP contribution in [0.25, 0.3) is 0 Å². The Labute approximate surface area is 114 Å². The largest absolute Gasteiger partial charge is 0.494 e. The van der Waals surface area contributed by atoms with Crippen LogP contribution in [0.2, 0.25) is 0 Å². The lowest BCUT2D eigenvalue weighted by Crippen LogP contribution is -2.37. The number of carboxylic acid groups (broad SMARTS) is 1. The molecule has 1 unspecified atom stereocenters. The van der Waals surface area contributed by atoms with Gasteiger partial charge in [0, 0.05) is 0 Å². The maximum Gasteiger partial charge on any atom is 0.340 e. The highest BCUT2D eigenvalue weighted by Gasteiger charge is 2.37. The molecule has 0 saturated heterocycles. The lowest BCUT2D eigenvalue weighted by Gasteiger charge is -2.28. The maximum absolute atomic E-state index is 11.5. The van der Waals surface area contributed by atoms with Gasteiger partial charge in [-0.3, -0.25) is 0 Å². The zero-order valence-electron chi connectivity index (χ0n) is 12.0. The first-order chi connectivity index (χ1) is 8.90. The molecule has 0 aromatic heterocycles. The van der Waals surface area contributed by atoms with Crippen LogP contribution in [0.1, 0.15) is 39.7 Å². The van der Waals surface area contributed by atoms with Crippen LogP contribution in [0.3, 0.4) is 0 Å². The monoisotopic (exact) mass is 266 g/mol. The smallest absolute Gasteiger partial charge is 0.340 e. The normalized spacial score (nSPS) is 14.2. The first kappa shape index (κ1) is 15.5. The van der Waals surface area contributed by atoms with Crippen molar-refractivity contribution in [2.24, 2.45) is 0 Å². The summed E-state index contributed by atoms with van der Waals surface area (Å²) >= 11 is 0. The molecular formula is C15H22O4. The SMILES string of the molecule is CCCOc1ccc(C(C)(OC(C)C)C(=O)O)cc1. The van der Waals surface area contributed by atoms with Crippen molar-refractivity contribution in [2.45, 2.75) is 45.8 Å². The van der Waals surface area contributed by atoms with E-state index in [2.05, 4.69) is 0 Å². The zero-order chi connectivity index (χ0) is 14.5. The minimum Gasteiger partial charge on any atom is -0.494 e. The van der Waals surface area contributed by atoms with Crippen LogP contribution in [0.4, 0.5) is 0 Å². The van der Waals surface area contributed by atoms with Crippen molar-refractivity contribution in [1.29, 1.82) is 0 Å². The lowest BCUT2D eigenvalue weighted by molar-refractivity contribution is -0.170. The Bertz CT molecular complexity index is 411. The fourth-order valence-corrected chi connectivity index (χ4v) is 1.80. The Balaban J connectivity index is 2.94. The minimum atomic E-state index is -1.34. The summed E-state index contributed by atoms with van der Waals surface area (Å²) < 4.78 is 11.0. The molecule has 0 aliphatic rings. The third-order valence-electron chi connectivity index (χ3n) is 2.76. The maximum atomic E-state index is 11.5. The van der Waals surface area contributed by atoms with E-state index in [1.165, 1.54) is 0 Å². The second kappa shape index (κ2) is 6.57. The highest BCUT2D eigenvalue weighted by atomic mass is 16.5. The standard InChI is InChI=1S/C15H22O4/c1-5-10-18-13-8-6-12(7-9-13)15(4,14(16)17)19-11(2)3/h6-9,11H,5,10H2,1-4H3,(H,16,17). The van der Waals surface area contributed by atoms with E-state index in [1.807, 2.05) is 20.8 Å². The van der Waals surface area contributed by atoms with Crippen molar-refractivity contribution in [1.82, 2.24) is 0 Å². The molecular weight excluding hydrogens is 244 g/mol. The molecule has 1 aromatic carbocycles. The Morgan fingerprint density at radius 3 is 2.32 bits per heavy atom. The number of benzene rings is 1. The van der Waals surface area contributed by atoms with Crippen molar-refractivity contribution < 1.29 is 19.4 Å². The summed E-state index contributed by atoms with van der Waals surface area (Å²) in [4.78, 5) is 11.5. The first-order valence-electron chi connectivity index (χ1n) is 6.54. The second-order valence-corrected chi connectivity index (χ2v) is 4.88. The average molecular weight is 266 g/mol. The van der Waals surface area contributed by atoms with Crippen LogP contribution in [0.15, 0.2) is 24.3 Å². The van der Waals surface area contributed by atoms with E-state index in [9.17, 15) is 9.90 Å². The molecule has 0 fully saturated rings. The van der Waals surface area contributed by atoms with Crippen LogP contribution in [0.5, 0.6) is 5.75 Å². The molecule has 0 aliphatic heterocycles. The molecule has 19 heavy (non-hydrogen) atoms. The molecule has 1 aromatic rings.